The molecule has 0 radical (unpaired) electrons. The van der Waals surface area contributed by atoms with E-state index in [4.69, 9.17) is 4.74 Å². The molecule has 1 rings (SSSR count). The van der Waals surface area contributed by atoms with Gasteiger partial charge in [-0.25, -0.2) is 0 Å². The van der Waals surface area contributed by atoms with Gasteiger partial charge in [-0.1, -0.05) is 13.0 Å². The van der Waals surface area contributed by atoms with E-state index >= 15 is 0 Å². The summed E-state index contributed by atoms with van der Waals surface area (Å²) in [5.74, 6) is -0.122. The van der Waals surface area contributed by atoms with Crippen molar-refractivity contribution in [1.29, 1.82) is 0 Å². The number of carbonyl (C=O) groups excluding carboxylic acids is 1. The van der Waals surface area contributed by atoms with Crippen LogP contribution >= 0.6 is 15.9 Å². The number of aromatic nitrogens is 2. The molecule has 0 saturated heterocycles. The van der Waals surface area contributed by atoms with Gasteiger partial charge in [0, 0.05) is 13.5 Å². The highest BCUT2D eigenvalue weighted by Crippen LogP contribution is 2.22. The normalized spacial score (nSPS) is 11.2. The fourth-order valence-corrected chi connectivity index (χ4v) is 2.59. The van der Waals surface area contributed by atoms with Gasteiger partial charge in [-0.3, -0.25) is 9.48 Å². The lowest BCUT2D eigenvalue weighted by molar-refractivity contribution is -0.143. The second kappa shape index (κ2) is 8.15. The maximum absolute atomic E-state index is 11.1. The van der Waals surface area contributed by atoms with Crippen LogP contribution in [0, 0.1) is 0 Å². The van der Waals surface area contributed by atoms with E-state index in [0.717, 1.165) is 29.4 Å². The monoisotopic (exact) mass is 328 g/mol. The molecule has 0 bridgehead atoms. The molecule has 0 atom stereocenters. The van der Waals surface area contributed by atoms with Crippen LogP contribution in [0.3, 0.4) is 0 Å². The van der Waals surface area contributed by atoms with Crippen molar-refractivity contribution in [3.63, 3.8) is 0 Å². The second-order valence-corrected chi connectivity index (χ2v) is 5.02. The molecule has 0 fully saturated rings. The van der Waals surface area contributed by atoms with E-state index in [2.05, 4.69) is 28.0 Å². The molecule has 0 spiro atoms. The summed E-state index contributed by atoms with van der Waals surface area (Å²) in [6.07, 6.45) is 7.12. The van der Waals surface area contributed by atoms with Crippen molar-refractivity contribution < 1.29 is 9.53 Å². The minimum absolute atomic E-state index is 0.122. The van der Waals surface area contributed by atoms with Crippen LogP contribution in [-0.4, -0.2) is 22.4 Å². The predicted molar refractivity (Wildman–Crippen MR) is 79.8 cm³/mol. The summed E-state index contributed by atoms with van der Waals surface area (Å²) in [5, 5.41) is 4.43. The third-order valence-corrected chi connectivity index (χ3v) is 3.66. The summed E-state index contributed by atoms with van der Waals surface area (Å²) in [4.78, 5) is 11.1. The number of carbonyl (C=O) groups is 1. The second-order valence-electron chi connectivity index (χ2n) is 4.22. The lowest BCUT2D eigenvalue weighted by atomic mass is 10.2. The highest BCUT2D eigenvalue weighted by molar-refractivity contribution is 9.10. The Kier molecular flexibility index (Phi) is 6.84. The van der Waals surface area contributed by atoms with Gasteiger partial charge in [-0.2, -0.15) is 5.10 Å². The number of nitrogens with zero attached hydrogens (tertiary/aromatic N) is 2. The molecule has 0 aliphatic carbocycles. The maximum atomic E-state index is 11.1. The smallest absolute Gasteiger partial charge is 0.305 e. The number of aryl methyl sites for hydroxylation is 1. The van der Waals surface area contributed by atoms with Gasteiger partial charge in [0.1, 0.15) is 0 Å². The summed E-state index contributed by atoms with van der Waals surface area (Å²) < 4.78 is 7.82. The summed E-state index contributed by atoms with van der Waals surface area (Å²) in [7, 11) is 1.95. The van der Waals surface area contributed by atoms with Crippen LogP contribution in [0.4, 0.5) is 0 Å². The molecule has 0 amide bonds. The summed E-state index contributed by atoms with van der Waals surface area (Å²) in [5.41, 5.74) is 2.13. The Morgan fingerprint density at radius 2 is 2.21 bits per heavy atom. The van der Waals surface area contributed by atoms with E-state index in [0.29, 0.717) is 13.0 Å². The Morgan fingerprint density at radius 3 is 2.79 bits per heavy atom. The lowest BCUT2D eigenvalue weighted by Crippen LogP contribution is -2.02. The minimum atomic E-state index is -0.122. The fourth-order valence-electron chi connectivity index (χ4n) is 1.84. The fraction of sp³-hybridized carbons (Fsp3) is 0.571. The number of esters is 1. The third-order valence-electron chi connectivity index (χ3n) is 2.79. The molecule has 1 aromatic heterocycles. The largest absolute Gasteiger partial charge is 0.466 e. The summed E-state index contributed by atoms with van der Waals surface area (Å²) in [6, 6.07) is 0. The van der Waals surface area contributed by atoms with E-state index in [9.17, 15) is 4.79 Å². The summed E-state index contributed by atoms with van der Waals surface area (Å²) >= 11 is 3.57. The van der Waals surface area contributed by atoms with Gasteiger partial charge in [0.05, 0.1) is 22.5 Å². The highest BCUT2D eigenvalue weighted by atomic mass is 79.9. The number of hydrogen-bond donors (Lipinski definition) is 0. The van der Waals surface area contributed by atoms with Gasteiger partial charge < -0.3 is 4.74 Å². The Balaban J connectivity index is 2.43. The van der Waals surface area contributed by atoms with Gasteiger partial charge in [0.15, 0.2) is 0 Å². The number of hydrogen-bond acceptors (Lipinski definition) is 3. The summed E-state index contributed by atoms with van der Waals surface area (Å²) in [6.45, 7) is 4.38. The molecule has 0 saturated carbocycles. The average Bonchev–Trinajstić information content (AvgIpc) is 2.64. The highest BCUT2D eigenvalue weighted by Gasteiger charge is 2.09. The zero-order valence-electron chi connectivity index (χ0n) is 11.8. The molecular formula is C14H21BrN2O2. The first-order valence-electron chi connectivity index (χ1n) is 6.63. The van der Waals surface area contributed by atoms with Gasteiger partial charge >= 0.3 is 5.97 Å². The van der Waals surface area contributed by atoms with Crippen LogP contribution in [0.5, 0.6) is 0 Å². The van der Waals surface area contributed by atoms with Crippen molar-refractivity contribution in [2.24, 2.45) is 7.05 Å². The zero-order valence-corrected chi connectivity index (χ0v) is 13.4. The van der Waals surface area contributed by atoms with E-state index < -0.39 is 0 Å². The first kappa shape index (κ1) is 16.0. The van der Waals surface area contributed by atoms with Gasteiger partial charge in [0.25, 0.3) is 0 Å². The van der Waals surface area contributed by atoms with Crippen molar-refractivity contribution in [3.8, 4) is 0 Å². The van der Waals surface area contributed by atoms with E-state index in [1.807, 2.05) is 30.8 Å². The van der Waals surface area contributed by atoms with Crippen LogP contribution in [0.15, 0.2) is 10.5 Å². The molecule has 1 aromatic rings. The molecule has 19 heavy (non-hydrogen) atoms. The molecule has 106 valence electrons. The van der Waals surface area contributed by atoms with Gasteiger partial charge in [0.2, 0.25) is 0 Å². The Labute approximate surface area is 123 Å². The lowest BCUT2D eigenvalue weighted by Gasteiger charge is -1.98. The molecule has 0 unspecified atom stereocenters. The molecule has 1 heterocycles. The van der Waals surface area contributed by atoms with Crippen molar-refractivity contribution in [1.82, 2.24) is 9.78 Å². The van der Waals surface area contributed by atoms with E-state index in [1.165, 1.54) is 5.69 Å². The van der Waals surface area contributed by atoms with Crippen LogP contribution in [0.1, 0.15) is 44.5 Å². The van der Waals surface area contributed by atoms with Crippen LogP contribution in [0.2, 0.25) is 0 Å². The van der Waals surface area contributed by atoms with Crippen LogP contribution < -0.4 is 0 Å². The third kappa shape index (κ3) is 4.82. The first-order valence-corrected chi connectivity index (χ1v) is 7.42. The molecule has 0 aromatic carbocycles. The van der Waals surface area contributed by atoms with Crippen LogP contribution in [-0.2, 0) is 23.0 Å². The van der Waals surface area contributed by atoms with Crippen molar-refractivity contribution in [2.75, 3.05) is 6.61 Å². The van der Waals surface area contributed by atoms with Crippen molar-refractivity contribution >= 4 is 28.0 Å². The number of allylic oxidation sites excluding steroid dienone is 1. The quantitative estimate of drug-likeness (QED) is 0.568. The van der Waals surface area contributed by atoms with Crippen LogP contribution in [0.25, 0.3) is 6.08 Å². The van der Waals surface area contributed by atoms with Gasteiger partial charge in [-0.05, 0) is 48.2 Å². The Bertz CT molecular complexity index is 453. The Hall–Kier alpha value is -1.10. The number of halogens is 1. The number of ether oxygens (including phenoxy) is 1. The topological polar surface area (TPSA) is 44.1 Å². The minimum Gasteiger partial charge on any atom is -0.466 e. The Morgan fingerprint density at radius 1 is 1.47 bits per heavy atom. The standard InChI is InChI=1S/C14H21BrN2O2/c1-4-12-14(15)11(16-17(12)3)9-7-6-8-10-13(18)19-5-2/h7,9H,4-6,8,10H2,1-3H3/b9-7-. The molecule has 0 aliphatic rings. The van der Waals surface area contributed by atoms with Gasteiger partial charge in [-0.15, -0.1) is 0 Å². The van der Waals surface area contributed by atoms with Crippen molar-refractivity contribution in [2.45, 2.75) is 39.5 Å². The zero-order chi connectivity index (χ0) is 14.3. The van der Waals surface area contributed by atoms with E-state index in [1.54, 1.807) is 0 Å². The molecule has 5 heteroatoms. The molecule has 4 nitrogen and oxygen atoms in total. The molecule has 0 N–H and O–H groups in total. The predicted octanol–water partition coefficient (Wildman–Crippen LogP) is 3.49. The first-order chi connectivity index (χ1) is 9.10. The number of rotatable bonds is 7. The SMILES string of the molecule is CCOC(=O)CCC/C=C\c1nn(C)c(CC)c1Br. The van der Waals surface area contributed by atoms with Crippen molar-refractivity contribution in [3.05, 3.63) is 21.9 Å². The average molecular weight is 329 g/mol. The maximum Gasteiger partial charge on any atom is 0.305 e. The number of unbranched alkanes of at least 4 members (excludes halogenated alkanes) is 1. The molecule has 0 aliphatic heterocycles. The molecular weight excluding hydrogens is 308 g/mol. The van der Waals surface area contributed by atoms with E-state index in [-0.39, 0.29) is 5.97 Å².